The average Bonchev–Trinajstić information content (AvgIpc) is 3.01. The van der Waals surface area contributed by atoms with Gasteiger partial charge in [0.15, 0.2) is 5.96 Å². The Morgan fingerprint density at radius 3 is 2.67 bits per heavy atom. The van der Waals surface area contributed by atoms with Crippen molar-refractivity contribution in [3.63, 3.8) is 0 Å². The number of aliphatic imine (C=N–C) groups is 1. The zero-order valence-corrected chi connectivity index (χ0v) is 16.1. The van der Waals surface area contributed by atoms with Gasteiger partial charge in [-0.3, -0.25) is 4.99 Å². The Hall–Kier alpha value is -1.66. The minimum absolute atomic E-state index is 0.0846. The van der Waals surface area contributed by atoms with Crippen molar-refractivity contribution in [2.75, 3.05) is 13.6 Å². The number of nitrogens with one attached hydrogen (secondary N) is 2. The van der Waals surface area contributed by atoms with Crippen LogP contribution in [-0.2, 0) is 18.4 Å². The van der Waals surface area contributed by atoms with Crippen LogP contribution in [0.5, 0.6) is 0 Å². The molecule has 0 fully saturated rings. The lowest BCUT2D eigenvalue weighted by Crippen LogP contribution is -2.37. The number of guanidine groups is 1. The van der Waals surface area contributed by atoms with E-state index < -0.39 is 0 Å². The molecule has 0 saturated carbocycles. The van der Waals surface area contributed by atoms with Gasteiger partial charge >= 0.3 is 0 Å². The second-order valence-corrected chi connectivity index (χ2v) is 7.80. The summed E-state index contributed by atoms with van der Waals surface area (Å²) in [4.78, 5) is 13.0. The van der Waals surface area contributed by atoms with Crippen LogP contribution in [0.4, 0.5) is 0 Å². The monoisotopic (exact) mass is 365 g/mol. The third kappa shape index (κ3) is 5.76. The summed E-state index contributed by atoms with van der Waals surface area (Å²) in [6.45, 7) is 7.96. The Kier molecular flexibility index (Phi) is 6.57. The van der Waals surface area contributed by atoms with Crippen molar-refractivity contribution < 1.29 is 0 Å². The van der Waals surface area contributed by atoms with E-state index >= 15 is 0 Å². The summed E-state index contributed by atoms with van der Waals surface area (Å²) in [5.74, 6) is 0.768. The van der Waals surface area contributed by atoms with Crippen LogP contribution >= 0.6 is 22.9 Å². The van der Waals surface area contributed by atoms with Crippen molar-refractivity contribution in [3.8, 4) is 0 Å². The Morgan fingerprint density at radius 2 is 2.08 bits per heavy atom. The van der Waals surface area contributed by atoms with E-state index in [0.717, 1.165) is 35.2 Å². The van der Waals surface area contributed by atoms with E-state index in [-0.39, 0.29) is 5.41 Å². The molecule has 0 saturated heterocycles. The van der Waals surface area contributed by atoms with Crippen LogP contribution < -0.4 is 10.6 Å². The highest BCUT2D eigenvalue weighted by Crippen LogP contribution is 2.23. The second kappa shape index (κ2) is 8.44. The smallest absolute Gasteiger partial charge is 0.191 e. The fourth-order valence-corrected chi connectivity index (χ4v) is 3.07. The van der Waals surface area contributed by atoms with E-state index in [1.54, 1.807) is 30.6 Å². The van der Waals surface area contributed by atoms with Gasteiger partial charge in [0, 0.05) is 30.6 Å². The zero-order valence-electron chi connectivity index (χ0n) is 14.6. The number of hydrogen-bond donors (Lipinski definition) is 2. The molecule has 0 radical (unpaired) electrons. The highest BCUT2D eigenvalue weighted by molar-refractivity contribution is 7.09. The minimum atomic E-state index is 0.0846. The van der Waals surface area contributed by atoms with Crippen LogP contribution in [0.25, 0.3) is 0 Å². The molecule has 24 heavy (non-hydrogen) atoms. The second-order valence-electron chi connectivity index (χ2n) is 6.47. The maximum Gasteiger partial charge on any atom is 0.191 e. The van der Waals surface area contributed by atoms with Crippen LogP contribution in [0.2, 0.25) is 5.15 Å². The van der Waals surface area contributed by atoms with Gasteiger partial charge in [-0.1, -0.05) is 38.4 Å². The normalized spacial score (nSPS) is 12.3. The van der Waals surface area contributed by atoms with Crippen molar-refractivity contribution >= 4 is 28.9 Å². The molecule has 0 aliphatic carbocycles. The Balaban J connectivity index is 1.78. The molecule has 2 N–H and O–H groups in total. The quantitative estimate of drug-likeness (QED) is 0.484. The van der Waals surface area contributed by atoms with Gasteiger partial charge in [0.05, 0.1) is 12.2 Å². The summed E-state index contributed by atoms with van der Waals surface area (Å²) in [6.07, 6.45) is 2.65. The molecule has 7 heteroatoms. The van der Waals surface area contributed by atoms with E-state index in [9.17, 15) is 0 Å². The third-order valence-corrected chi connectivity index (χ3v) is 4.52. The molecule has 0 bridgehead atoms. The summed E-state index contributed by atoms with van der Waals surface area (Å²) < 4.78 is 0. The fourth-order valence-electron chi connectivity index (χ4n) is 2.00. The van der Waals surface area contributed by atoms with Crippen molar-refractivity contribution in [2.24, 2.45) is 4.99 Å². The first-order chi connectivity index (χ1) is 11.4. The van der Waals surface area contributed by atoms with Gasteiger partial charge in [-0.15, -0.1) is 11.3 Å². The van der Waals surface area contributed by atoms with Gasteiger partial charge < -0.3 is 10.6 Å². The average molecular weight is 366 g/mol. The molecule has 0 amide bonds. The minimum Gasteiger partial charge on any atom is -0.356 e. The zero-order chi connectivity index (χ0) is 17.6. The van der Waals surface area contributed by atoms with Gasteiger partial charge in [-0.2, -0.15) is 0 Å². The lowest BCUT2D eigenvalue weighted by molar-refractivity contribution is 0.570. The summed E-state index contributed by atoms with van der Waals surface area (Å²) in [5.41, 5.74) is 2.35. The van der Waals surface area contributed by atoms with Crippen molar-refractivity contribution in [2.45, 2.75) is 39.2 Å². The maximum atomic E-state index is 5.79. The Morgan fingerprint density at radius 1 is 1.29 bits per heavy atom. The molecule has 5 nitrogen and oxygen atoms in total. The molecule has 0 unspecified atom stereocenters. The molecular weight excluding hydrogens is 342 g/mol. The van der Waals surface area contributed by atoms with E-state index in [4.69, 9.17) is 11.6 Å². The molecule has 130 valence electrons. The van der Waals surface area contributed by atoms with Gasteiger partial charge in [-0.05, 0) is 18.1 Å². The van der Waals surface area contributed by atoms with Crippen LogP contribution in [-0.4, -0.2) is 29.5 Å². The number of rotatable bonds is 5. The number of thiazole rings is 1. The summed E-state index contributed by atoms with van der Waals surface area (Å²) in [6, 6.07) is 3.79. The van der Waals surface area contributed by atoms with Gasteiger partial charge in [0.1, 0.15) is 10.2 Å². The molecule has 0 atom stereocenters. The van der Waals surface area contributed by atoms with Crippen molar-refractivity contribution in [1.29, 1.82) is 0 Å². The molecule has 2 heterocycles. The standard InChI is InChI=1S/C17H24ClN5S/c1-17(2,3)13-11-24-15(23-13)10-22-16(19-4)20-8-7-12-5-6-14(18)21-9-12/h5-6,9,11H,7-8,10H2,1-4H3,(H2,19,20,22). The highest BCUT2D eigenvalue weighted by Gasteiger charge is 2.17. The Bertz CT molecular complexity index is 673. The summed E-state index contributed by atoms with van der Waals surface area (Å²) in [5, 5.41) is 10.3. The van der Waals surface area contributed by atoms with E-state index in [1.165, 1.54) is 0 Å². The molecule has 2 rings (SSSR count). The predicted octanol–water partition coefficient (Wildman–Crippen LogP) is 3.40. The van der Waals surface area contributed by atoms with Crippen LogP contribution in [0.15, 0.2) is 28.7 Å². The number of nitrogens with zero attached hydrogens (tertiary/aromatic N) is 3. The van der Waals surface area contributed by atoms with Gasteiger partial charge in [0.25, 0.3) is 0 Å². The fraction of sp³-hybridized carbons (Fsp3) is 0.471. The molecule has 2 aromatic rings. The third-order valence-electron chi connectivity index (χ3n) is 3.45. The van der Waals surface area contributed by atoms with Gasteiger partial charge in [-0.25, -0.2) is 9.97 Å². The number of hydrogen-bond acceptors (Lipinski definition) is 4. The van der Waals surface area contributed by atoms with E-state index in [2.05, 4.69) is 51.7 Å². The number of halogens is 1. The molecule has 2 aromatic heterocycles. The van der Waals surface area contributed by atoms with E-state index in [1.807, 2.05) is 6.07 Å². The number of pyridine rings is 1. The molecule has 0 aliphatic heterocycles. The van der Waals surface area contributed by atoms with E-state index in [0.29, 0.717) is 11.7 Å². The molecule has 0 spiro atoms. The lowest BCUT2D eigenvalue weighted by Gasteiger charge is -2.14. The highest BCUT2D eigenvalue weighted by atomic mass is 35.5. The maximum absolute atomic E-state index is 5.79. The van der Waals surface area contributed by atoms with Crippen molar-refractivity contribution in [3.05, 3.63) is 45.1 Å². The SMILES string of the molecule is CN=C(NCCc1ccc(Cl)nc1)NCc1nc(C(C)(C)C)cs1. The number of aromatic nitrogens is 2. The van der Waals surface area contributed by atoms with Gasteiger partial charge in [0.2, 0.25) is 0 Å². The lowest BCUT2D eigenvalue weighted by atomic mass is 9.93. The first kappa shape index (κ1) is 18.7. The molecular formula is C17H24ClN5S. The van der Waals surface area contributed by atoms with Crippen molar-refractivity contribution in [1.82, 2.24) is 20.6 Å². The van der Waals surface area contributed by atoms with Crippen LogP contribution in [0, 0.1) is 0 Å². The first-order valence-corrected chi connectivity index (χ1v) is 9.14. The Labute approximate surface area is 152 Å². The topological polar surface area (TPSA) is 62.2 Å². The summed E-state index contributed by atoms with van der Waals surface area (Å²) in [7, 11) is 1.77. The molecule has 0 aliphatic rings. The summed E-state index contributed by atoms with van der Waals surface area (Å²) >= 11 is 7.46. The molecule has 0 aromatic carbocycles. The van der Waals surface area contributed by atoms with Crippen LogP contribution in [0.1, 0.15) is 37.0 Å². The first-order valence-electron chi connectivity index (χ1n) is 7.88. The van der Waals surface area contributed by atoms with Crippen LogP contribution in [0.3, 0.4) is 0 Å². The largest absolute Gasteiger partial charge is 0.356 e. The predicted molar refractivity (Wildman–Crippen MR) is 102 cm³/mol.